The predicted octanol–water partition coefficient (Wildman–Crippen LogP) is 1.13. The van der Waals surface area contributed by atoms with Crippen molar-refractivity contribution in [3.63, 3.8) is 0 Å². The van der Waals surface area contributed by atoms with Crippen molar-refractivity contribution in [2.75, 3.05) is 49.7 Å². The van der Waals surface area contributed by atoms with Gasteiger partial charge in [-0.15, -0.1) is 0 Å². The number of carbonyl (C=O) groups is 2. The van der Waals surface area contributed by atoms with Gasteiger partial charge in [0.05, 0.1) is 17.8 Å². The summed E-state index contributed by atoms with van der Waals surface area (Å²) in [5, 5.41) is 0. The molecule has 2 fully saturated rings. The van der Waals surface area contributed by atoms with Crippen LogP contribution in [0, 0.1) is 0 Å². The molecule has 1 spiro atoms. The van der Waals surface area contributed by atoms with Crippen LogP contribution in [0.3, 0.4) is 0 Å². The maximum Gasteiger partial charge on any atom is 0.250 e. The van der Waals surface area contributed by atoms with Crippen LogP contribution in [-0.2, 0) is 9.53 Å². The fraction of sp³-hybridized carbons (Fsp3) is 0.611. The third kappa shape index (κ3) is 4.29. The van der Waals surface area contributed by atoms with Gasteiger partial charge in [-0.05, 0) is 31.2 Å². The molecule has 7 nitrogen and oxygen atoms in total. The molecule has 2 amide bonds. The molecule has 26 heavy (non-hydrogen) atoms. The van der Waals surface area contributed by atoms with E-state index in [4.69, 9.17) is 10.5 Å². The van der Waals surface area contributed by atoms with E-state index in [1.165, 1.54) is 6.20 Å². The summed E-state index contributed by atoms with van der Waals surface area (Å²) in [6.45, 7) is 3.65. The molecule has 2 saturated heterocycles. The van der Waals surface area contributed by atoms with Crippen LogP contribution in [0.4, 0.5) is 5.82 Å². The molecule has 1 aromatic rings. The lowest BCUT2D eigenvalue weighted by atomic mass is 9.89. The second kappa shape index (κ2) is 8.26. The van der Waals surface area contributed by atoms with Crippen molar-refractivity contribution in [1.29, 1.82) is 0 Å². The lowest BCUT2D eigenvalue weighted by Crippen LogP contribution is -2.57. The fourth-order valence-corrected chi connectivity index (χ4v) is 3.95. The molecule has 0 atom stereocenters. The quantitative estimate of drug-likeness (QED) is 0.826. The van der Waals surface area contributed by atoms with Gasteiger partial charge in [0, 0.05) is 44.5 Å². The molecule has 0 aromatic carbocycles. The largest absolute Gasteiger partial charge is 0.371 e. The number of hydrogen-bond donors (Lipinski definition) is 1. The minimum atomic E-state index is -0.471. The highest BCUT2D eigenvalue weighted by molar-refractivity contribution is 7.98. The van der Waals surface area contributed by atoms with Crippen LogP contribution in [0.25, 0.3) is 0 Å². The standard InChI is InChI=1S/C18H26N4O3S/c1-26-11-4-16(23)21-7-5-18(6-8-21)13-22(9-10-25-18)15-3-2-14(12-20-15)17(19)24/h2-3,12H,4-11,13H2,1H3,(H2,19,24). The van der Waals surface area contributed by atoms with E-state index in [0.717, 1.165) is 50.6 Å². The van der Waals surface area contributed by atoms with Gasteiger partial charge in [-0.2, -0.15) is 11.8 Å². The summed E-state index contributed by atoms with van der Waals surface area (Å²) >= 11 is 1.70. The van der Waals surface area contributed by atoms with E-state index < -0.39 is 5.91 Å². The first kappa shape index (κ1) is 19.0. The Bertz CT molecular complexity index is 644. The average Bonchev–Trinajstić information content (AvgIpc) is 2.67. The number of amides is 2. The van der Waals surface area contributed by atoms with Crippen molar-refractivity contribution < 1.29 is 14.3 Å². The molecule has 8 heteroatoms. The number of anilines is 1. The summed E-state index contributed by atoms with van der Waals surface area (Å²) in [4.78, 5) is 31.9. The van der Waals surface area contributed by atoms with Crippen molar-refractivity contribution >= 4 is 29.4 Å². The van der Waals surface area contributed by atoms with Gasteiger partial charge in [0.2, 0.25) is 11.8 Å². The maximum atomic E-state index is 12.2. The Kier molecular flexibility index (Phi) is 6.03. The average molecular weight is 378 g/mol. The number of pyridine rings is 1. The Morgan fingerprint density at radius 3 is 2.69 bits per heavy atom. The number of nitrogens with zero attached hydrogens (tertiary/aromatic N) is 3. The summed E-state index contributed by atoms with van der Waals surface area (Å²) in [7, 11) is 0. The Morgan fingerprint density at radius 2 is 2.08 bits per heavy atom. The lowest BCUT2D eigenvalue weighted by Gasteiger charge is -2.47. The van der Waals surface area contributed by atoms with Crippen molar-refractivity contribution in [3.8, 4) is 0 Å². The first-order valence-electron chi connectivity index (χ1n) is 8.94. The van der Waals surface area contributed by atoms with Crippen LogP contribution < -0.4 is 10.6 Å². The van der Waals surface area contributed by atoms with Gasteiger partial charge in [0.15, 0.2) is 0 Å². The minimum absolute atomic E-state index is 0.224. The molecule has 0 unspecified atom stereocenters. The predicted molar refractivity (Wildman–Crippen MR) is 102 cm³/mol. The van der Waals surface area contributed by atoms with Crippen molar-refractivity contribution in [2.45, 2.75) is 24.9 Å². The number of ether oxygens (including phenoxy) is 1. The number of morpholine rings is 1. The third-order valence-electron chi connectivity index (χ3n) is 5.15. The molecule has 3 rings (SSSR count). The van der Waals surface area contributed by atoms with Crippen LogP contribution in [0.15, 0.2) is 18.3 Å². The summed E-state index contributed by atoms with van der Waals surface area (Å²) in [6, 6.07) is 3.54. The highest BCUT2D eigenvalue weighted by Crippen LogP contribution is 2.32. The van der Waals surface area contributed by atoms with Gasteiger partial charge in [0.25, 0.3) is 0 Å². The van der Waals surface area contributed by atoms with Crippen molar-refractivity contribution in [1.82, 2.24) is 9.88 Å². The first-order valence-corrected chi connectivity index (χ1v) is 10.3. The van der Waals surface area contributed by atoms with Crippen molar-refractivity contribution in [2.24, 2.45) is 5.73 Å². The van der Waals surface area contributed by atoms with Crippen LogP contribution in [0.5, 0.6) is 0 Å². The number of hydrogen-bond acceptors (Lipinski definition) is 6. The molecule has 0 radical (unpaired) electrons. The van der Waals surface area contributed by atoms with Gasteiger partial charge in [-0.1, -0.05) is 0 Å². The molecule has 3 heterocycles. The highest BCUT2D eigenvalue weighted by Gasteiger charge is 2.40. The van der Waals surface area contributed by atoms with E-state index in [1.807, 2.05) is 17.2 Å². The van der Waals surface area contributed by atoms with Crippen molar-refractivity contribution in [3.05, 3.63) is 23.9 Å². The zero-order valence-electron chi connectivity index (χ0n) is 15.1. The molecule has 0 aliphatic carbocycles. The van der Waals surface area contributed by atoms with Crippen LogP contribution in [0.1, 0.15) is 29.6 Å². The number of nitrogens with two attached hydrogens (primary N) is 1. The topological polar surface area (TPSA) is 88.8 Å². The van der Waals surface area contributed by atoms with Crippen LogP contribution >= 0.6 is 11.8 Å². The maximum absolute atomic E-state index is 12.2. The lowest BCUT2D eigenvalue weighted by molar-refractivity contribution is -0.138. The van der Waals surface area contributed by atoms with Gasteiger partial charge in [-0.25, -0.2) is 4.98 Å². The number of carbonyl (C=O) groups excluding carboxylic acids is 2. The highest BCUT2D eigenvalue weighted by atomic mass is 32.2. The van der Waals surface area contributed by atoms with E-state index in [0.29, 0.717) is 18.6 Å². The van der Waals surface area contributed by atoms with Gasteiger partial charge < -0.3 is 20.3 Å². The molecule has 2 N–H and O–H groups in total. The number of rotatable bonds is 5. The first-order chi connectivity index (χ1) is 12.5. The van der Waals surface area contributed by atoms with Gasteiger partial charge in [0.1, 0.15) is 5.82 Å². The fourth-order valence-electron chi connectivity index (χ4n) is 3.57. The van der Waals surface area contributed by atoms with E-state index >= 15 is 0 Å². The molecule has 0 saturated carbocycles. The SMILES string of the molecule is CSCCC(=O)N1CCC2(CC1)CN(c1ccc(C(N)=O)cn1)CCO2. The van der Waals surface area contributed by atoms with E-state index in [2.05, 4.69) is 9.88 Å². The van der Waals surface area contributed by atoms with Crippen LogP contribution in [-0.4, -0.2) is 72.1 Å². The number of piperidine rings is 1. The number of thioether (sulfide) groups is 1. The van der Waals surface area contributed by atoms with Gasteiger partial charge in [-0.3, -0.25) is 9.59 Å². The van der Waals surface area contributed by atoms with E-state index in [9.17, 15) is 9.59 Å². The van der Waals surface area contributed by atoms with E-state index in [1.54, 1.807) is 17.8 Å². The second-order valence-corrected chi connectivity index (χ2v) is 7.83. The monoisotopic (exact) mass is 378 g/mol. The second-order valence-electron chi connectivity index (χ2n) is 6.85. The molecule has 0 bridgehead atoms. The summed E-state index contributed by atoms with van der Waals surface area (Å²) in [5.74, 6) is 1.47. The third-order valence-corrected chi connectivity index (χ3v) is 5.76. The summed E-state index contributed by atoms with van der Waals surface area (Å²) in [5.41, 5.74) is 5.46. The molecule has 142 valence electrons. The minimum Gasteiger partial charge on any atom is -0.371 e. The Balaban J connectivity index is 1.60. The van der Waals surface area contributed by atoms with E-state index in [-0.39, 0.29) is 11.5 Å². The smallest absolute Gasteiger partial charge is 0.250 e. The Hall–Kier alpha value is -1.80. The summed E-state index contributed by atoms with van der Waals surface area (Å²) in [6.07, 6.45) is 5.83. The Morgan fingerprint density at radius 1 is 1.31 bits per heavy atom. The molecule has 2 aliphatic rings. The molecular formula is C18H26N4O3S. The number of primary amides is 1. The molecular weight excluding hydrogens is 352 g/mol. The van der Waals surface area contributed by atoms with Gasteiger partial charge >= 0.3 is 0 Å². The molecule has 1 aromatic heterocycles. The van der Waals surface area contributed by atoms with Crippen LogP contribution in [0.2, 0.25) is 0 Å². The normalized spacial score (nSPS) is 19.6. The number of likely N-dealkylation sites (tertiary alicyclic amines) is 1. The zero-order valence-corrected chi connectivity index (χ0v) is 16.0. The molecule has 2 aliphatic heterocycles. The summed E-state index contributed by atoms with van der Waals surface area (Å²) < 4.78 is 6.14. The zero-order chi connectivity index (χ0) is 18.6. The Labute approximate surface area is 158 Å². The number of aromatic nitrogens is 1.